The Morgan fingerprint density at radius 1 is 1.38 bits per heavy atom. The third-order valence-electron chi connectivity index (χ3n) is 2.96. The Balaban J connectivity index is 2.98. The maximum Gasteiger partial charge on any atom is 0.354 e. The molecule has 0 saturated carbocycles. The van der Waals surface area contributed by atoms with E-state index in [1.807, 2.05) is 6.92 Å². The topological polar surface area (TPSA) is 89.0 Å². The number of carbonyl (C=O) groups is 2. The normalized spacial score (nSPS) is 12.0. The molecule has 0 bridgehead atoms. The molecule has 21 heavy (non-hydrogen) atoms. The lowest BCUT2D eigenvalue weighted by atomic mass is 10.1. The van der Waals surface area contributed by atoms with Crippen LogP contribution in [-0.2, 0) is 9.47 Å². The van der Waals surface area contributed by atoms with Crippen LogP contribution in [0.2, 0.25) is 0 Å². The summed E-state index contributed by atoms with van der Waals surface area (Å²) < 4.78 is 10.1. The summed E-state index contributed by atoms with van der Waals surface area (Å²) in [5, 5.41) is 8.94. The minimum atomic E-state index is -1.17. The number of pyridine rings is 1. The summed E-state index contributed by atoms with van der Waals surface area (Å²) in [4.78, 5) is 28.8. The average Bonchev–Trinajstić information content (AvgIpc) is 2.47. The Morgan fingerprint density at radius 3 is 2.67 bits per heavy atom. The van der Waals surface area contributed by atoms with Crippen LogP contribution in [0, 0.1) is 0 Å². The van der Waals surface area contributed by atoms with Gasteiger partial charge < -0.3 is 19.5 Å². The van der Waals surface area contributed by atoms with Gasteiger partial charge in [0.05, 0.1) is 19.3 Å². The van der Waals surface area contributed by atoms with Crippen LogP contribution in [0.25, 0.3) is 0 Å². The zero-order chi connectivity index (χ0) is 15.8. The third kappa shape index (κ3) is 4.80. The van der Waals surface area contributed by atoms with Gasteiger partial charge in [-0.15, -0.1) is 0 Å². The SMILES string of the molecule is COCCN(C(=O)c1ccnc(C(=O)O)c1)C(C)COC. The maximum atomic E-state index is 12.5. The molecule has 1 atom stereocenters. The summed E-state index contributed by atoms with van der Waals surface area (Å²) in [6.07, 6.45) is 1.31. The van der Waals surface area contributed by atoms with Crippen LogP contribution in [0.1, 0.15) is 27.8 Å². The molecule has 1 amide bonds. The molecule has 1 N–H and O–H groups in total. The van der Waals surface area contributed by atoms with Gasteiger partial charge in [-0.05, 0) is 19.1 Å². The first-order chi connectivity index (χ1) is 10.0. The van der Waals surface area contributed by atoms with Gasteiger partial charge in [0.25, 0.3) is 5.91 Å². The molecule has 116 valence electrons. The van der Waals surface area contributed by atoms with Crippen LogP contribution < -0.4 is 0 Å². The van der Waals surface area contributed by atoms with Crippen molar-refractivity contribution in [3.63, 3.8) is 0 Å². The van der Waals surface area contributed by atoms with Gasteiger partial charge in [0.1, 0.15) is 5.69 Å². The highest BCUT2D eigenvalue weighted by atomic mass is 16.5. The maximum absolute atomic E-state index is 12.5. The lowest BCUT2D eigenvalue weighted by molar-refractivity contribution is 0.0479. The quantitative estimate of drug-likeness (QED) is 0.767. The van der Waals surface area contributed by atoms with Crippen molar-refractivity contribution in [1.82, 2.24) is 9.88 Å². The number of amides is 1. The van der Waals surface area contributed by atoms with Crippen molar-refractivity contribution in [2.24, 2.45) is 0 Å². The second kappa shape index (κ2) is 8.33. The molecule has 0 aliphatic rings. The van der Waals surface area contributed by atoms with E-state index in [9.17, 15) is 9.59 Å². The lowest BCUT2D eigenvalue weighted by Gasteiger charge is -2.28. The second-order valence-corrected chi connectivity index (χ2v) is 4.53. The number of nitrogens with zero attached hydrogens (tertiary/aromatic N) is 2. The van der Waals surface area contributed by atoms with E-state index in [0.29, 0.717) is 19.8 Å². The van der Waals surface area contributed by atoms with Gasteiger partial charge in [0, 0.05) is 32.5 Å². The fourth-order valence-corrected chi connectivity index (χ4v) is 1.89. The number of hydrogen-bond acceptors (Lipinski definition) is 5. The minimum Gasteiger partial charge on any atom is -0.477 e. The van der Waals surface area contributed by atoms with Crippen LogP contribution in [0.4, 0.5) is 0 Å². The first-order valence-corrected chi connectivity index (χ1v) is 6.49. The second-order valence-electron chi connectivity index (χ2n) is 4.53. The number of carboxylic acid groups (broad SMARTS) is 1. The Morgan fingerprint density at radius 2 is 2.10 bits per heavy atom. The predicted octanol–water partition coefficient (Wildman–Crippen LogP) is 0.903. The molecular formula is C14H20N2O5. The van der Waals surface area contributed by atoms with Gasteiger partial charge in [-0.3, -0.25) is 4.79 Å². The molecule has 0 saturated heterocycles. The monoisotopic (exact) mass is 296 g/mol. The van der Waals surface area contributed by atoms with E-state index in [4.69, 9.17) is 14.6 Å². The molecule has 0 aromatic carbocycles. The third-order valence-corrected chi connectivity index (χ3v) is 2.96. The van der Waals surface area contributed by atoms with Gasteiger partial charge >= 0.3 is 5.97 Å². The van der Waals surface area contributed by atoms with Crippen LogP contribution in [0.15, 0.2) is 18.3 Å². The molecule has 0 aliphatic carbocycles. The first-order valence-electron chi connectivity index (χ1n) is 6.49. The summed E-state index contributed by atoms with van der Waals surface area (Å²) in [6, 6.07) is 2.61. The van der Waals surface area contributed by atoms with Crippen molar-refractivity contribution in [3.8, 4) is 0 Å². The van der Waals surface area contributed by atoms with Gasteiger partial charge in [-0.1, -0.05) is 0 Å². The number of rotatable bonds is 8. The molecule has 1 heterocycles. The Kier molecular flexibility index (Phi) is 6.77. The first kappa shape index (κ1) is 17.1. The number of aromatic nitrogens is 1. The largest absolute Gasteiger partial charge is 0.477 e. The van der Waals surface area contributed by atoms with E-state index in [0.717, 1.165) is 0 Å². The molecule has 0 aliphatic heterocycles. The number of methoxy groups -OCH3 is 2. The van der Waals surface area contributed by atoms with Gasteiger partial charge in [-0.25, -0.2) is 9.78 Å². The van der Waals surface area contributed by atoms with Gasteiger partial charge in [0.15, 0.2) is 0 Å². The van der Waals surface area contributed by atoms with Crippen LogP contribution in [-0.4, -0.2) is 66.9 Å². The zero-order valence-electron chi connectivity index (χ0n) is 12.4. The lowest BCUT2D eigenvalue weighted by Crippen LogP contribution is -2.43. The van der Waals surface area contributed by atoms with Gasteiger partial charge in [0.2, 0.25) is 0 Å². The number of carboxylic acids is 1. The van der Waals surface area contributed by atoms with Crippen molar-refractivity contribution in [2.75, 3.05) is 34.0 Å². The summed E-state index contributed by atoms with van der Waals surface area (Å²) in [5.74, 6) is -1.44. The number of ether oxygens (including phenoxy) is 2. The fraction of sp³-hybridized carbons (Fsp3) is 0.500. The molecular weight excluding hydrogens is 276 g/mol. The smallest absolute Gasteiger partial charge is 0.354 e. The average molecular weight is 296 g/mol. The highest BCUT2D eigenvalue weighted by Gasteiger charge is 2.22. The summed E-state index contributed by atoms with van der Waals surface area (Å²) in [6.45, 7) is 3.02. The molecule has 1 unspecified atom stereocenters. The molecule has 7 heteroatoms. The van der Waals surface area contributed by atoms with E-state index in [1.165, 1.54) is 18.3 Å². The van der Waals surface area contributed by atoms with Crippen molar-refractivity contribution in [3.05, 3.63) is 29.6 Å². The van der Waals surface area contributed by atoms with Crippen LogP contribution in [0.5, 0.6) is 0 Å². The molecule has 0 spiro atoms. The molecule has 7 nitrogen and oxygen atoms in total. The Bertz CT molecular complexity index is 492. The fourth-order valence-electron chi connectivity index (χ4n) is 1.89. The van der Waals surface area contributed by atoms with E-state index in [-0.39, 0.29) is 23.2 Å². The van der Waals surface area contributed by atoms with Crippen molar-refractivity contribution in [1.29, 1.82) is 0 Å². The zero-order valence-corrected chi connectivity index (χ0v) is 12.4. The van der Waals surface area contributed by atoms with E-state index >= 15 is 0 Å². The van der Waals surface area contributed by atoms with Crippen molar-refractivity contribution < 1.29 is 24.2 Å². The van der Waals surface area contributed by atoms with Crippen molar-refractivity contribution in [2.45, 2.75) is 13.0 Å². The van der Waals surface area contributed by atoms with E-state index in [1.54, 1.807) is 19.1 Å². The number of aromatic carboxylic acids is 1. The van der Waals surface area contributed by atoms with Crippen molar-refractivity contribution >= 4 is 11.9 Å². The molecule has 0 fully saturated rings. The number of carbonyl (C=O) groups excluding carboxylic acids is 1. The van der Waals surface area contributed by atoms with Crippen LogP contribution in [0.3, 0.4) is 0 Å². The van der Waals surface area contributed by atoms with E-state index < -0.39 is 5.97 Å². The van der Waals surface area contributed by atoms with Gasteiger partial charge in [-0.2, -0.15) is 0 Å². The Hall–Kier alpha value is -1.99. The molecule has 1 aromatic rings. The molecule has 0 radical (unpaired) electrons. The predicted molar refractivity (Wildman–Crippen MR) is 75.4 cm³/mol. The molecule has 1 aromatic heterocycles. The van der Waals surface area contributed by atoms with Crippen LogP contribution >= 0.6 is 0 Å². The molecule has 1 rings (SSSR count). The summed E-state index contributed by atoms with van der Waals surface area (Å²) >= 11 is 0. The Labute approximate surface area is 123 Å². The van der Waals surface area contributed by atoms with E-state index in [2.05, 4.69) is 4.98 Å². The highest BCUT2D eigenvalue weighted by molar-refractivity contribution is 5.96. The minimum absolute atomic E-state index is 0.154. The number of hydrogen-bond donors (Lipinski definition) is 1. The summed E-state index contributed by atoms with van der Waals surface area (Å²) in [5.41, 5.74) is 0.119. The standard InChI is InChI=1S/C14H20N2O5/c1-10(9-21-3)16(6-7-20-2)13(17)11-4-5-15-12(8-11)14(18)19/h4-5,8,10H,6-7,9H2,1-3H3,(H,18,19). The summed E-state index contributed by atoms with van der Waals surface area (Å²) in [7, 11) is 3.11. The highest BCUT2D eigenvalue weighted by Crippen LogP contribution is 2.10.